The first-order chi connectivity index (χ1) is 8.97. The van der Waals surface area contributed by atoms with Gasteiger partial charge in [0.05, 0.1) is 0 Å². The van der Waals surface area contributed by atoms with Crippen LogP contribution < -0.4 is 0 Å². The van der Waals surface area contributed by atoms with Crippen LogP contribution in [0.25, 0.3) is 11.1 Å². The number of rotatable bonds is 4. The summed E-state index contributed by atoms with van der Waals surface area (Å²) in [7, 11) is 0. The maximum absolute atomic E-state index is 4.40. The smallest absolute Gasteiger partial charge is 0.0404 e. The first kappa shape index (κ1) is 15.2. The Morgan fingerprint density at radius 2 is 1.53 bits per heavy atom. The highest BCUT2D eigenvalue weighted by molar-refractivity contribution is 6.04. The first-order valence-corrected chi connectivity index (χ1v) is 6.57. The molecule has 0 radical (unpaired) electrons. The Hall–Kier alpha value is -1.89. The molecule has 0 aliphatic carbocycles. The summed E-state index contributed by atoms with van der Waals surface area (Å²) in [5.74, 6) is 0. The molecule has 1 heteroatoms. The average molecular weight is 253 g/mol. The van der Waals surface area contributed by atoms with Gasteiger partial charge in [0.2, 0.25) is 0 Å². The molecule has 1 aromatic carbocycles. The lowest BCUT2D eigenvalue weighted by Crippen LogP contribution is -1.96. The molecule has 19 heavy (non-hydrogen) atoms. The second-order valence-corrected chi connectivity index (χ2v) is 4.80. The molecule has 0 aromatic heterocycles. The van der Waals surface area contributed by atoms with Crippen LogP contribution in [-0.2, 0) is 0 Å². The molecule has 0 aliphatic rings. The van der Waals surface area contributed by atoms with Gasteiger partial charge in [-0.3, -0.25) is 4.99 Å². The minimum atomic E-state index is 1.06. The third kappa shape index (κ3) is 4.06. The molecule has 0 saturated carbocycles. The van der Waals surface area contributed by atoms with Gasteiger partial charge in [0.1, 0.15) is 0 Å². The van der Waals surface area contributed by atoms with Gasteiger partial charge in [-0.2, -0.15) is 0 Å². The quantitative estimate of drug-likeness (QED) is 0.627. The molecule has 0 amide bonds. The maximum atomic E-state index is 4.40. The van der Waals surface area contributed by atoms with Gasteiger partial charge in [0.25, 0.3) is 0 Å². The molecule has 1 aromatic rings. The van der Waals surface area contributed by atoms with Crippen LogP contribution in [0.3, 0.4) is 0 Å². The molecule has 1 nitrogen and oxygen atoms in total. The average Bonchev–Trinajstić information content (AvgIpc) is 2.43. The molecule has 0 heterocycles. The van der Waals surface area contributed by atoms with Crippen molar-refractivity contribution >= 4 is 16.9 Å². The minimum absolute atomic E-state index is 1.06. The molecule has 0 fully saturated rings. The lowest BCUT2D eigenvalue weighted by atomic mass is 9.98. The van der Waals surface area contributed by atoms with E-state index in [9.17, 15) is 0 Å². The largest absolute Gasteiger partial charge is 0.262 e. The Morgan fingerprint density at radius 1 is 1.00 bits per heavy atom. The van der Waals surface area contributed by atoms with Crippen molar-refractivity contribution in [1.29, 1.82) is 0 Å². The molecule has 0 spiro atoms. The number of aliphatic imine (C=N–C) groups is 1. The Kier molecular flexibility index (Phi) is 5.50. The van der Waals surface area contributed by atoms with Crippen molar-refractivity contribution in [3.63, 3.8) is 0 Å². The van der Waals surface area contributed by atoms with Gasteiger partial charge in [-0.15, -0.1) is 0 Å². The highest BCUT2D eigenvalue weighted by Crippen LogP contribution is 2.21. The van der Waals surface area contributed by atoms with Crippen molar-refractivity contribution in [2.24, 2.45) is 4.99 Å². The van der Waals surface area contributed by atoms with E-state index in [1.54, 1.807) is 0 Å². The van der Waals surface area contributed by atoms with Crippen molar-refractivity contribution in [2.75, 3.05) is 0 Å². The number of hydrogen-bond donors (Lipinski definition) is 0. The van der Waals surface area contributed by atoms with E-state index in [-0.39, 0.29) is 0 Å². The molecule has 0 atom stereocenters. The van der Waals surface area contributed by atoms with E-state index in [2.05, 4.69) is 49.7 Å². The monoisotopic (exact) mass is 253 g/mol. The van der Waals surface area contributed by atoms with Crippen LogP contribution in [0.2, 0.25) is 0 Å². The summed E-state index contributed by atoms with van der Waals surface area (Å²) in [6, 6.07) is 8.53. The molecule has 100 valence electrons. The fourth-order valence-corrected chi connectivity index (χ4v) is 1.78. The summed E-state index contributed by atoms with van der Waals surface area (Å²) in [4.78, 5) is 4.40. The lowest BCUT2D eigenvalue weighted by molar-refractivity contribution is 1.42. The predicted molar refractivity (Wildman–Crippen MR) is 87.3 cm³/mol. The van der Waals surface area contributed by atoms with E-state index < -0.39 is 0 Å². The highest BCUT2D eigenvalue weighted by Gasteiger charge is 2.03. The summed E-state index contributed by atoms with van der Waals surface area (Å²) in [6.45, 7) is 14.3. The van der Waals surface area contributed by atoms with Crippen molar-refractivity contribution in [1.82, 2.24) is 0 Å². The van der Waals surface area contributed by atoms with E-state index in [4.69, 9.17) is 0 Å². The van der Waals surface area contributed by atoms with Gasteiger partial charge < -0.3 is 0 Å². The summed E-state index contributed by atoms with van der Waals surface area (Å²) in [5.41, 5.74) is 7.06. The second kappa shape index (κ2) is 6.89. The molecular formula is C18H23N. The van der Waals surface area contributed by atoms with Crippen LogP contribution in [0.4, 0.5) is 0 Å². The van der Waals surface area contributed by atoms with Gasteiger partial charge in [-0.1, -0.05) is 42.5 Å². The van der Waals surface area contributed by atoms with Crippen LogP contribution in [0.1, 0.15) is 45.7 Å². The molecule has 0 saturated heterocycles. The molecule has 0 bridgehead atoms. The SMILES string of the molecule is C=C(C)c1ccc(\C(C)=C(C)/C(C)=N\C=C/C)cc1. The van der Waals surface area contributed by atoms with E-state index in [0.29, 0.717) is 0 Å². The number of benzene rings is 1. The summed E-state index contributed by atoms with van der Waals surface area (Å²) in [5, 5.41) is 0. The third-order valence-electron chi connectivity index (χ3n) is 3.33. The Balaban J connectivity index is 3.10. The normalized spacial score (nSPS) is 13.6. The summed E-state index contributed by atoms with van der Waals surface area (Å²) >= 11 is 0. The Morgan fingerprint density at radius 3 is 2.00 bits per heavy atom. The standard InChI is InChI=1S/C18H23N/c1-7-12-19-16(6)14(4)15(5)18-10-8-17(9-11-18)13(2)3/h7-12H,2H2,1,3-6H3/b12-7-,15-14-,19-16-. The minimum Gasteiger partial charge on any atom is -0.262 e. The van der Waals surface area contributed by atoms with E-state index >= 15 is 0 Å². The second-order valence-electron chi connectivity index (χ2n) is 4.80. The zero-order chi connectivity index (χ0) is 14.4. The predicted octanol–water partition coefficient (Wildman–Crippen LogP) is 5.51. The van der Waals surface area contributed by atoms with Gasteiger partial charge in [-0.25, -0.2) is 0 Å². The topological polar surface area (TPSA) is 12.4 Å². The molecule has 1 rings (SSSR count). The van der Waals surface area contributed by atoms with Crippen molar-refractivity contribution in [3.8, 4) is 0 Å². The Bertz CT molecular complexity index is 540. The van der Waals surface area contributed by atoms with E-state index in [1.165, 1.54) is 22.3 Å². The fraction of sp³-hybridized carbons (Fsp3) is 0.278. The summed E-state index contributed by atoms with van der Waals surface area (Å²) in [6.07, 6.45) is 3.77. The summed E-state index contributed by atoms with van der Waals surface area (Å²) < 4.78 is 0. The van der Waals surface area contributed by atoms with Gasteiger partial charge in [0.15, 0.2) is 0 Å². The lowest BCUT2D eigenvalue weighted by Gasteiger charge is -2.09. The zero-order valence-corrected chi connectivity index (χ0v) is 12.6. The van der Waals surface area contributed by atoms with E-state index in [0.717, 1.165) is 11.3 Å². The fourth-order valence-electron chi connectivity index (χ4n) is 1.78. The number of hydrogen-bond acceptors (Lipinski definition) is 1. The molecule has 0 aliphatic heterocycles. The van der Waals surface area contributed by atoms with Gasteiger partial charge in [-0.05, 0) is 56.9 Å². The number of nitrogens with zero attached hydrogens (tertiary/aromatic N) is 1. The van der Waals surface area contributed by atoms with Crippen LogP contribution in [0.5, 0.6) is 0 Å². The molecule has 0 N–H and O–H groups in total. The van der Waals surface area contributed by atoms with Crippen molar-refractivity contribution < 1.29 is 0 Å². The van der Waals surface area contributed by atoms with Gasteiger partial charge >= 0.3 is 0 Å². The van der Waals surface area contributed by atoms with Crippen molar-refractivity contribution in [2.45, 2.75) is 34.6 Å². The highest BCUT2D eigenvalue weighted by atomic mass is 14.7. The van der Waals surface area contributed by atoms with Gasteiger partial charge in [0, 0.05) is 11.9 Å². The molecule has 0 unspecified atom stereocenters. The van der Waals surface area contributed by atoms with Crippen LogP contribution in [-0.4, -0.2) is 5.71 Å². The zero-order valence-electron chi connectivity index (χ0n) is 12.6. The van der Waals surface area contributed by atoms with E-state index in [1.807, 2.05) is 33.0 Å². The maximum Gasteiger partial charge on any atom is 0.0404 e. The van der Waals surface area contributed by atoms with Crippen LogP contribution in [0.15, 0.2) is 53.7 Å². The number of allylic oxidation sites excluding steroid dienone is 4. The van der Waals surface area contributed by atoms with Crippen LogP contribution in [0, 0.1) is 0 Å². The first-order valence-electron chi connectivity index (χ1n) is 6.57. The third-order valence-corrected chi connectivity index (χ3v) is 3.33. The Labute approximate surface area is 117 Å². The van der Waals surface area contributed by atoms with Crippen LogP contribution >= 0.6 is 0 Å². The molecular weight excluding hydrogens is 230 g/mol. The van der Waals surface area contributed by atoms with Crippen molar-refractivity contribution in [3.05, 3.63) is 59.8 Å².